The summed E-state index contributed by atoms with van der Waals surface area (Å²) in [6.45, 7) is 4.64. The fourth-order valence-corrected chi connectivity index (χ4v) is 1.68. The Morgan fingerprint density at radius 2 is 1.75 bits per heavy atom. The Labute approximate surface area is 109 Å². The monoisotopic (exact) mass is 264 g/mol. The number of nitrogen functional groups attached to an aromatic ring is 1. The van der Waals surface area contributed by atoms with Gasteiger partial charge in [-0.05, 0) is 11.6 Å². The van der Waals surface area contributed by atoms with Crippen LogP contribution in [0, 0.1) is 0 Å². The summed E-state index contributed by atoms with van der Waals surface area (Å²) in [5.74, 6) is 0. The molecule has 16 heavy (non-hydrogen) atoms. The third kappa shape index (κ3) is 4.18. The molecule has 0 saturated carbocycles. The first-order chi connectivity index (χ1) is 6.86. The summed E-state index contributed by atoms with van der Waals surface area (Å²) in [6.07, 6.45) is 0. The molecule has 1 fully saturated rings. The van der Waals surface area contributed by atoms with Gasteiger partial charge in [0.15, 0.2) is 0 Å². The molecule has 0 aliphatic carbocycles. The number of anilines is 1. The molecule has 0 spiro atoms. The lowest BCUT2D eigenvalue weighted by Crippen LogP contribution is -2.35. The van der Waals surface area contributed by atoms with E-state index in [1.807, 2.05) is 18.2 Å². The number of hydrogen-bond acceptors (Lipinski definition) is 3. The van der Waals surface area contributed by atoms with E-state index in [1.165, 1.54) is 5.56 Å². The van der Waals surface area contributed by atoms with Crippen molar-refractivity contribution in [1.82, 2.24) is 4.90 Å². The molecule has 1 aliphatic heterocycles. The highest BCUT2D eigenvalue weighted by atomic mass is 35.5. The molecule has 1 heterocycles. The minimum Gasteiger partial charge on any atom is -0.398 e. The lowest BCUT2D eigenvalue weighted by molar-refractivity contribution is 0.0343. The predicted octanol–water partition coefficient (Wildman–Crippen LogP) is 1.94. The molecular formula is C11H18Cl2N2O. The maximum absolute atomic E-state index is 5.88. The van der Waals surface area contributed by atoms with Crippen LogP contribution in [0.1, 0.15) is 5.56 Å². The van der Waals surface area contributed by atoms with Gasteiger partial charge in [0.1, 0.15) is 0 Å². The van der Waals surface area contributed by atoms with Crippen molar-refractivity contribution < 1.29 is 4.74 Å². The normalized spacial score (nSPS) is 16.0. The molecule has 2 N–H and O–H groups in total. The topological polar surface area (TPSA) is 38.5 Å². The van der Waals surface area contributed by atoms with Gasteiger partial charge in [-0.2, -0.15) is 0 Å². The largest absolute Gasteiger partial charge is 0.398 e. The first-order valence-electron chi connectivity index (χ1n) is 5.00. The maximum Gasteiger partial charge on any atom is 0.0594 e. The van der Waals surface area contributed by atoms with Gasteiger partial charge in [-0.3, -0.25) is 4.90 Å². The Kier molecular flexibility index (Phi) is 7.51. The van der Waals surface area contributed by atoms with E-state index in [0.29, 0.717) is 0 Å². The Morgan fingerprint density at radius 3 is 2.38 bits per heavy atom. The fraction of sp³-hybridized carbons (Fsp3) is 0.455. The number of benzene rings is 1. The van der Waals surface area contributed by atoms with Crippen LogP contribution >= 0.6 is 24.8 Å². The number of hydrogen-bond donors (Lipinski definition) is 1. The van der Waals surface area contributed by atoms with Gasteiger partial charge >= 0.3 is 0 Å². The van der Waals surface area contributed by atoms with Gasteiger partial charge in [0, 0.05) is 25.3 Å². The van der Waals surface area contributed by atoms with Crippen molar-refractivity contribution in [2.24, 2.45) is 0 Å². The highest BCUT2D eigenvalue weighted by molar-refractivity contribution is 5.85. The minimum absolute atomic E-state index is 0. The lowest BCUT2D eigenvalue weighted by Gasteiger charge is -2.26. The van der Waals surface area contributed by atoms with Crippen molar-refractivity contribution in [2.75, 3.05) is 32.0 Å². The summed E-state index contributed by atoms with van der Waals surface area (Å²) in [7, 11) is 0. The number of nitrogens with two attached hydrogens (primary N) is 1. The fourth-order valence-electron chi connectivity index (χ4n) is 1.68. The number of halogens is 2. The van der Waals surface area contributed by atoms with E-state index in [4.69, 9.17) is 10.5 Å². The summed E-state index contributed by atoms with van der Waals surface area (Å²) in [5, 5.41) is 0. The van der Waals surface area contributed by atoms with Crippen molar-refractivity contribution in [3.63, 3.8) is 0 Å². The standard InChI is InChI=1S/C11H16N2O.2ClH/c12-11-4-2-1-3-10(11)9-13-5-7-14-8-6-13;;/h1-4H,5-9,12H2;2*1H. The van der Waals surface area contributed by atoms with Crippen LogP contribution in [-0.4, -0.2) is 31.2 Å². The summed E-state index contributed by atoms with van der Waals surface area (Å²) >= 11 is 0. The van der Waals surface area contributed by atoms with Crippen LogP contribution in [-0.2, 0) is 11.3 Å². The summed E-state index contributed by atoms with van der Waals surface area (Å²) in [5.41, 5.74) is 7.98. The van der Waals surface area contributed by atoms with Crippen molar-refractivity contribution in [3.05, 3.63) is 29.8 Å². The van der Waals surface area contributed by atoms with Gasteiger partial charge in [-0.1, -0.05) is 18.2 Å². The molecule has 0 radical (unpaired) electrons. The molecule has 92 valence electrons. The van der Waals surface area contributed by atoms with E-state index in [9.17, 15) is 0 Å². The number of ether oxygens (including phenoxy) is 1. The average Bonchev–Trinajstić information content (AvgIpc) is 2.23. The molecule has 5 heteroatoms. The molecule has 0 aromatic heterocycles. The van der Waals surface area contributed by atoms with Crippen LogP contribution in [0.3, 0.4) is 0 Å². The van der Waals surface area contributed by atoms with Crippen LogP contribution in [0.5, 0.6) is 0 Å². The predicted molar refractivity (Wildman–Crippen MR) is 71.4 cm³/mol. The molecule has 2 rings (SSSR count). The molecule has 1 saturated heterocycles. The molecule has 3 nitrogen and oxygen atoms in total. The van der Waals surface area contributed by atoms with E-state index in [1.54, 1.807) is 0 Å². The van der Waals surface area contributed by atoms with Gasteiger partial charge in [0.05, 0.1) is 13.2 Å². The van der Waals surface area contributed by atoms with E-state index in [-0.39, 0.29) is 24.8 Å². The van der Waals surface area contributed by atoms with Crippen molar-refractivity contribution in [1.29, 1.82) is 0 Å². The Balaban J connectivity index is 0.00000112. The average molecular weight is 265 g/mol. The first kappa shape index (κ1) is 15.5. The lowest BCUT2D eigenvalue weighted by atomic mass is 10.1. The van der Waals surface area contributed by atoms with Gasteiger partial charge in [-0.15, -0.1) is 24.8 Å². The first-order valence-corrected chi connectivity index (χ1v) is 5.00. The summed E-state index contributed by atoms with van der Waals surface area (Å²) < 4.78 is 5.29. The smallest absolute Gasteiger partial charge is 0.0594 e. The van der Waals surface area contributed by atoms with Crippen molar-refractivity contribution >= 4 is 30.5 Å². The molecule has 0 atom stereocenters. The van der Waals surface area contributed by atoms with Crippen LogP contribution in [0.4, 0.5) is 5.69 Å². The second-order valence-electron chi connectivity index (χ2n) is 3.59. The summed E-state index contributed by atoms with van der Waals surface area (Å²) in [4.78, 5) is 2.37. The molecule has 1 aromatic carbocycles. The third-order valence-electron chi connectivity index (χ3n) is 2.55. The van der Waals surface area contributed by atoms with Gasteiger partial charge in [-0.25, -0.2) is 0 Å². The molecule has 1 aliphatic rings. The Hall–Kier alpha value is -0.480. The minimum atomic E-state index is 0. The highest BCUT2D eigenvalue weighted by Crippen LogP contribution is 2.13. The Morgan fingerprint density at radius 1 is 1.12 bits per heavy atom. The third-order valence-corrected chi connectivity index (χ3v) is 2.55. The van der Waals surface area contributed by atoms with E-state index in [0.717, 1.165) is 38.5 Å². The number of morpholine rings is 1. The molecule has 0 unspecified atom stereocenters. The maximum atomic E-state index is 5.88. The van der Waals surface area contributed by atoms with Crippen LogP contribution in [0.2, 0.25) is 0 Å². The number of rotatable bonds is 2. The van der Waals surface area contributed by atoms with Crippen molar-refractivity contribution in [3.8, 4) is 0 Å². The second kappa shape index (κ2) is 7.74. The van der Waals surface area contributed by atoms with Gasteiger partial charge in [0.25, 0.3) is 0 Å². The number of para-hydroxylation sites is 1. The van der Waals surface area contributed by atoms with Gasteiger partial charge in [0.2, 0.25) is 0 Å². The zero-order valence-corrected chi connectivity index (χ0v) is 10.7. The molecule has 1 aromatic rings. The Bertz CT molecular complexity index is 304. The van der Waals surface area contributed by atoms with Crippen molar-refractivity contribution in [2.45, 2.75) is 6.54 Å². The molecule has 0 bridgehead atoms. The van der Waals surface area contributed by atoms with Crippen LogP contribution in [0.15, 0.2) is 24.3 Å². The zero-order valence-electron chi connectivity index (χ0n) is 9.09. The highest BCUT2D eigenvalue weighted by Gasteiger charge is 2.11. The van der Waals surface area contributed by atoms with E-state index >= 15 is 0 Å². The summed E-state index contributed by atoms with van der Waals surface area (Å²) in [6, 6.07) is 8.05. The SMILES string of the molecule is Cl.Cl.Nc1ccccc1CN1CCOCC1. The number of nitrogens with zero attached hydrogens (tertiary/aromatic N) is 1. The molecular weight excluding hydrogens is 247 g/mol. The van der Waals surface area contributed by atoms with Crippen LogP contribution < -0.4 is 5.73 Å². The zero-order chi connectivity index (χ0) is 9.80. The van der Waals surface area contributed by atoms with Gasteiger partial charge < -0.3 is 10.5 Å². The quantitative estimate of drug-likeness (QED) is 0.830. The molecule has 0 amide bonds. The van der Waals surface area contributed by atoms with Crippen LogP contribution in [0.25, 0.3) is 0 Å². The van der Waals surface area contributed by atoms with E-state index < -0.39 is 0 Å². The second-order valence-corrected chi connectivity index (χ2v) is 3.59. The van der Waals surface area contributed by atoms with E-state index in [2.05, 4.69) is 11.0 Å².